The van der Waals surface area contributed by atoms with Gasteiger partial charge in [0.05, 0.1) is 13.2 Å². The van der Waals surface area contributed by atoms with Crippen molar-refractivity contribution in [3.63, 3.8) is 0 Å². The van der Waals surface area contributed by atoms with E-state index in [4.69, 9.17) is 24.3 Å². The normalized spacial score (nSPS) is 14.4. The largest absolute Gasteiger partial charge is 0.472 e. The summed E-state index contributed by atoms with van der Waals surface area (Å²) in [4.78, 5) is 34.9. The third-order valence-corrected chi connectivity index (χ3v) is 9.33. The third kappa shape index (κ3) is 43.8. The monoisotopic (exact) mass is 840 g/mol. The Morgan fingerprint density at radius 2 is 0.966 bits per heavy atom. The van der Waals surface area contributed by atoms with Crippen molar-refractivity contribution in [1.29, 1.82) is 0 Å². The van der Waals surface area contributed by atoms with Crippen LogP contribution in [0.1, 0.15) is 142 Å². The quantitative estimate of drug-likeness (QED) is 0.0268. The molecule has 0 radical (unpaired) electrons. The van der Waals surface area contributed by atoms with E-state index >= 15 is 0 Å². The molecule has 0 heterocycles. The molecule has 332 valence electrons. The molecule has 2 unspecified atom stereocenters. The maximum atomic E-state index is 12.6. The van der Waals surface area contributed by atoms with E-state index in [0.29, 0.717) is 12.8 Å². The van der Waals surface area contributed by atoms with E-state index < -0.39 is 32.5 Å². The standard InChI is InChI=1S/C49H78NO8P/c1-3-5-7-9-11-13-15-17-19-21-23-25-27-29-31-33-35-37-39-41-48(51)55-45-47(46-57-59(53,54)56-44-43-50)58-49(52)42-40-38-36-34-32-30-28-26-24-22-20-18-16-14-12-10-8-6-4-2/h6,8,11-14,17-20,23-26,29-32,35,37,47H,3-5,7,9-10,15-16,21-22,27-28,33-34,36,38-46,50H2,1-2H3,(H,53,54). The molecule has 2 atom stereocenters. The van der Waals surface area contributed by atoms with E-state index in [0.717, 1.165) is 77.0 Å². The van der Waals surface area contributed by atoms with Crippen LogP contribution >= 0.6 is 7.82 Å². The first kappa shape index (κ1) is 55.4. The van der Waals surface area contributed by atoms with Gasteiger partial charge in [-0.25, -0.2) is 4.57 Å². The molecule has 0 aromatic heterocycles. The number of carbonyl (C=O) groups is 2. The molecule has 0 amide bonds. The molecule has 0 aromatic rings. The van der Waals surface area contributed by atoms with Gasteiger partial charge in [0.25, 0.3) is 0 Å². The topological polar surface area (TPSA) is 134 Å². The molecular formula is C49H78NO8P. The van der Waals surface area contributed by atoms with Crippen molar-refractivity contribution in [3.05, 3.63) is 122 Å². The Morgan fingerprint density at radius 3 is 1.42 bits per heavy atom. The summed E-state index contributed by atoms with van der Waals surface area (Å²) < 4.78 is 32.7. The average Bonchev–Trinajstić information content (AvgIpc) is 3.22. The Balaban J connectivity index is 4.37. The molecule has 0 fully saturated rings. The summed E-state index contributed by atoms with van der Waals surface area (Å²) in [5, 5.41) is 0. The highest BCUT2D eigenvalue weighted by Crippen LogP contribution is 2.43. The molecule has 0 aromatic carbocycles. The molecule has 0 aliphatic carbocycles. The lowest BCUT2D eigenvalue weighted by Gasteiger charge is -2.19. The van der Waals surface area contributed by atoms with Gasteiger partial charge in [0, 0.05) is 19.4 Å². The molecule has 0 bridgehead atoms. The Morgan fingerprint density at radius 1 is 0.525 bits per heavy atom. The van der Waals surface area contributed by atoms with Crippen molar-refractivity contribution >= 4 is 19.8 Å². The molecule has 3 N–H and O–H groups in total. The van der Waals surface area contributed by atoms with Gasteiger partial charge in [-0.1, -0.05) is 155 Å². The van der Waals surface area contributed by atoms with E-state index in [1.165, 1.54) is 25.7 Å². The van der Waals surface area contributed by atoms with Gasteiger partial charge >= 0.3 is 19.8 Å². The molecule has 0 rings (SSSR count). The minimum Gasteiger partial charge on any atom is -0.462 e. The van der Waals surface area contributed by atoms with Gasteiger partial charge in [-0.3, -0.25) is 18.6 Å². The zero-order valence-corrected chi connectivity index (χ0v) is 37.3. The smallest absolute Gasteiger partial charge is 0.462 e. The fourth-order valence-corrected chi connectivity index (χ4v) is 5.88. The van der Waals surface area contributed by atoms with Crippen LogP contribution in [0, 0.1) is 0 Å². The van der Waals surface area contributed by atoms with E-state index in [1.54, 1.807) is 0 Å². The Kier molecular flexibility index (Phi) is 41.3. The number of unbranched alkanes of at least 4 members (excludes halogenated alkanes) is 6. The van der Waals surface area contributed by atoms with E-state index in [2.05, 4.69) is 123 Å². The van der Waals surface area contributed by atoms with Crippen molar-refractivity contribution in [2.75, 3.05) is 26.4 Å². The molecule has 59 heavy (non-hydrogen) atoms. The molecular weight excluding hydrogens is 762 g/mol. The number of rotatable bonds is 39. The van der Waals surface area contributed by atoms with Crippen molar-refractivity contribution < 1.29 is 37.6 Å². The van der Waals surface area contributed by atoms with Crippen LogP contribution in [0.25, 0.3) is 0 Å². The third-order valence-electron chi connectivity index (χ3n) is 8.35. The molecule has 0 saturated heterocycles. The number of phosphoric acid groups is 1. The molecule has 0 saturated carbocycles. The van der Waals surface area contributed by atoms with Crippen molar-refractivity contribution in [2.24, 2.45) is 5.73 Å². The Bertz CT molecular complexity index is 1370. The van der Waals surface area contributed by atoms with Crippen LogP contribution in [0.3, 0.4) is 0 Å². The lowest BCUT2D eigenvalue weighted by Crippen LogP contribution is -2.29. The molecule has 0 aliphatic heterocycles. The van der Waals surface area contributed by atoms with Gasteiger partial charge < -0.3 is 20.1 Å². The number of allylic oxidation sites excluding steroid dienone is 20. The van der Waals surface area contributed by atoms with Crippen molar-refractivity contribution in [3.8, 4) is 0 Å². The van der Waals surface area contributed by atoms with Crippen LogP contribution in [0.4, 0.5) is 0 Å². The summed E-state index contributed by atoms with van der Waals surface area (Å²) in [5.41, 5.74) is 5.34. The molecule has 9 nitrogen and oxygen atoms in total. The highest BCUT2D eigenvalue weighted by molar-refractivity contribution is 7.47. The minimum atomic E-state index is -4.41. The van der Waals surface area contributed by atoms with Crippen LogP contribution < -0.4 is 5.73 Å². The fourth-order valence-electron chi connectivity index (χ4n) is 5.11. The predicted molar refractivity (Wildman–Crippen MR) is 247 cm³/mol. The van der Waals surface area contributed by atoms with Gasteiger partial charge in [-0.05, 0) is 96.3 Å². The first-order valence-electron chi connectivity index (χ1n) is 22.0. The first-order valence-corrected chi connectivity index (χ1v) is 23.5. The second-order valence-corrected chi connectivity index (χ2v) is 15.3. The highest BCUT2D eigenvalue weighted by Gasteiger charge is 2.25. The maximum absolute atomic E-state index is 12.6. The Labute approximate surface area is 358 Å². The van der Waals surface area contributed by atoms with Crippen molar-refractivity contribution in [1.82, 2.24) is 0 Å². The van der Waals surface area contributed by atoms with Crippen LogP contribution in [-0.2, 0) is 32.7 Å². The van der Waals surface area contributed by atoms with Gasteiger partial charge in [0.1, 0.15) is 6.61 Å². The van der Waals surface area contributed by atoms with Gasteiger partial charge in [-0.15, -0.1) is 0 Å². The number of phosphoric ester groups is 1. The van der Waals surface area contributed by atoms with E-state index in [1.807, 2.05) is 12.2 Å². The van der Waals surface area contributed by atoms with Crippen LogP contribution in [0.15, 0.2) is 122 Å². The van der Waals surface area contributed by atoms with E-state index in [9.17, 15) is 19.0 Å². The summed E-state index contributed by atoms with van der Waals surface area (Å²) in [6.45, 7) is 3.43. The fraction of sp³-hybridized carbons (Fsp3) is 0.551. The van der Waals surface area contributed by atoms with Gasteiger partial charge in [0.2, 0.25) is 0 Å². The van der Waals surface area contributed by atoms with Gasteiger partial charge in [0.15, 0.2) is 6.10 Å². The van der Waals surface area contributed by atoms with Crippen LogP contribution in [-0.4, -0.2) is 49.3 Å². The highest BCUT2D eigenvalue weighted by atomic mass is 31.2. The number of hydrogen-bond acceptors (Lipinski definition) is 8. The summed E-state index contributed by atoms with van der Waals surface area (Å²) in [6.07, 6.45) is 59.6. The van der Waals surface area contributed by atoms with Gasteiger partial charge in [-0.2, -0.15) is 0 Å². The lowest BCUT2D eigenvalue weighted by atomic mass is 10.1. The molecule has 10 heteroatoms. The molecule has 0 aliphatic rings. The SMILES string of the molecule is CCC=CCC=CCC=CCC=CCC=CCCCCCC(=O)OC(COC(=O)CCC=CCC=CCC=CCC=CCC=CCCCCC)COP(=O)(O)OCCN. The Hall–Kier alpha value is -3.59. The summed E-state index contributed by atoms with van der Waals surface area (Å²) >= 11 is 0. The number of hydrogen-bond donors (Lipinski definition) is 2. The number of ether oxygens (including phenoxy) is 2. The number of carbonyl (C=O) groups excluding carboxylic acids is 2. The molecule has 0 spiro atoms. The van der Waals surface area contributed by atoms with Crippen LogP contribution in [0.5, 0.6) is 0 Å². The number of nitrogens with two attached hydrogens (primary N) is 1. The lowest BCUT2D eigenvalue weighted by molar-refractivity contribution is -0.161. The zero-order chi connectivity index (χ0) is 43.2. The van der Waals surface area contributed by atoms with Crippen molar-refractivity contribution in [2.45, 2.75) is 148 Å². The van der Waals surface area contributed by atoms with E-state index in [-0.39, 0.29) is 32.6 Å². The van der Waals surface area contributed by atoms with Crippen LogP contribution in [0.2, 0.25) is 0 Å². The maximum Gasteiger partial charge on any atom is 0.472 e. The second kappa shape index (κ2) is 44.0. The summed E-state index contributed by atoms with van der Waals surface area (Å²) in [6, 6.07) is 0. The predicted octanol–water partition coefficient (Wildman–Crippen LogP) is 12.9. The summed E-state index contributed by atoms with van der Waals surface area (Å²) in [7, 11) is -4.41. The first-order chi connectivity index (χ1) is 28.8. The average molecular weight is 840 g/mol. The minimum absolute atomic E-state index is 0.0308. The summed E-state index contributed by atoms with van der Waals surface area (Å²) in [5.74, 6) is -0.977. The zero-order valence-electron chi connectivity index (χ0n) is 36.4. The second-order valence-electron chi connectivity index (χ2n) is 13.8. The number of esters is 2.